The van der Waals surface area contributed by atoms with Gasteiger partial charge in [0.05, 0.1) is 0 Å². The molecule has 1 fully saturated rings. The Morgan fingerprint density at radius 2 is 2.18 bits per heavy atom. The minimum atomic E-state index is 0.228. The van der Waals surface area contributed by atoms with Crippen LogP contribution in [-0.2, 0) is 0 Å². The van der Waals surface area contributed by atoms with Gasteiger partial charge in [-0.3, -0.25) is 0 Å². The average Bonchev–Trinajstić information content (AvgIpc) is 1.96. The van der Waals surface area contributed by atoms with Gasteiger partial charge in [0.15, 0.2) is 0 Å². The summed E-state index contributed by atoms with van der Waals surface area (Å²) in [6.07, 6.45) is 0. The van der Waals surface area contributed by atoms with Crippen molar-refractivity contribution in [3.8, 4) is 0 Å². The van der Waals surface area contributed by atoms with E-state index in [9.17, 15) is 0 Å². The summed E-state index contributed by atoms with van der Waals surface area (Å²) in [4.78, 5) is 2.19. The highest BCUT2D eigenvalue weighted by Crippen LogP contribution is 2.20. The van der Waals surface area contributed by atoms with Gasteiger partial charge in [-0.15, -0.1) is 0 Å². The minimum Gasteiger partial charge on any atom is -0.396 e. The molecular weight excluding hydrogens is 140 g/mol. The molecule has 0 aromatic heterocycles. The lowest BCUT2D eigenvalue weighted by Gasteiger charge is -2.38. The Labute approximate surface area is 68.2 Å². The summed E-state index contributed by atoms with van der Waals surface area (Å²) in [5, 5.41) is 9.01. The van der Waals surface area contributed by atoms with E-state index in [1.807, 2.05) is 0 Å². The molecule has 11 heavy (non-hydrogen) atoms. The van der Waals surface area contributed by atoms with E-state index in [-0.39, 0.29) is 12.6 Å². The van der Waals surface area contributed by atoms with E-state index in [0.29, 0.717) is 11.8 Å². The van der Waals surface area contributed by atoms with Crippen molar-refractivity contribution in [1.82, 2.24) is 4.90 Å². The van der Waals surface area contributed by atoms with Crippen LogP contribution in [0.2, 0.25) is 0 Å². The van der Waals surface area contributed by atoms with E-state index >= 15 is 0 Å². The first-order chi connectivity index (χ1) is 5.15. The van der Waals surface area contributed by atoms with Crippen LogP contribution in [0.3, 0.4) is 0 Å². The van der Waals surface area contributed by atoms with Crippen LogP contribution in [0.5, 0.6) is 0 Å². The van der Waals surface area contributed by atoms with Gasteiger partial charge in [-0.25, -0.2) is 0 Å². The number of likely N-dealkylation sites (tertiary alicyclic amines) is 1. The molecule has 0 spiro atoms. The molecule has 1 heterocycles. The number of piperidine rings is 1. The Kier molecular flexibility index (Phi) is 2.87. The third kappa shape index (κ3) is 1.92. The lowest BCUT2D eigenvalue weighted by molar-refractivity contribution is 0.0798. The van der Waals surface area contributed by atoms with Gasteiger partial charge < -0.3 is 15.7 Å². The second kappa shape index (κ2) is 3.52. The highest BCUT2D eigenvalue weighted by atomic mass is 16.3. The number of aliphatic hydroxyl groups excluding tert-OH is 1. The van der Waals surface area contributed by atoms with Crippen molar-refractivity contribution in [3.63, 3.8) is 0 Å². The van der Waals surface area contributed by atoms with Crippen molar-refractivity contribution in [2.24, 2.45) is 17.6 Å². The van der Waals surface area contributed by atoms with Crippen LogP contribution in [0.4, 0.5) is 0 Å². The van der Waals surface area contributed by atoms with Gasteiger partial charge in [0.1, 0.15) is 0 Å². The third-order valence-electron chi connectivity index (χ3n) is 2.72. The first-order valence-electron chi connectivity index (χ1n) is 4.20. The molecule has 3 N–H and O–H groups in total. The van der Waals surface area contributed by atoms with Gasteiger partial charge in [-0.05, 0) is 18.9 Å². The fourth-order valence-electron chi connectivity index (χ4n) is 1.74. The van der Waals surface area contributed by atoms with Crippen molar-refractivity contribution in [2.45, 2.75) is 13.0 Å². The summed E-state index contributed by atoms with van der Waals surface area (Å²) in [5.74, 6) is 0.819. The SMILES string of the molecule is CC1C(N)CN(C)CC1CO. The maximum Gasteiger partial charge on any atom is 0.0474 e. The van der Waals surface area contributed by atoms with Gasteiger partial charge >= 0.3 is 0 Å². The third-order valence-corrected chi connectivity index (χ3v) is 2.72. The monoisotopic (exact) mass is 158 g/mol. The summed E-state index contributed by atoms with van der Waals surface area (Å²) in [7, 11) is 2.05. The quantitative estimate of drug-likeness (QED) is 0.541. The summed E-state index contributed by atoms with van der Waals surface area (Å²) < 4.78 is 0. The zero-order valence-electron chi connectivity index (χ0n) is 7.33. The van der Waals surface area contributed by atoms with E-state index in [4.69, 9.17) is 10.8 Å². The van der Waals surface area contributed by atoms with E-state index in [1.165, 1.54) is 0 Å². The lowest BCUT2D eigenvalue weighted by atomic mass is 9.84. The number of nitrogens with two attached hydrogens (primary N) is 1. The zero-order valence-corrected chi connectivity index (χ0v) is 7.33. The molecular formula is C8H18N2O. The van der Waals surface area contributed by atoms with Crippen LogP contribution in [-0.4, -0.2) is 42.8 Å². The van der Waals surface area contributed by atoms with Crippen LogP contribution < -0.4 is 5.73 Å². The van der Waals surface area contributed by atoms with Gasteiger partial charge in [0.25, 0.3) is 0 Å². The molecule has 0 aliphatic carbocycles. The Balaban J connectivity index is 2.51. The Hall–Kier alpha value is -0.120. The number of rotatable bonds is 1. The van der Waals surface area contributed by atoms with Gasteiger partial charge in [-0.2, -0.15) is 0 Å². The van der Waals surface area contributed by atoms with Gasteiger partial charge in [0.2, 0.25) is 0 Å². The van der Waals surface area contributed by atoms with Crippen molar-refractivity contribution in [2.75, 3.05) is 26.7 Å². The number of nitrogens with zero attached hydrogens (tertiary/aromatic N) is 1. The van der Waals surface area contributed by atoms with Crippen LogP contribution in [0.1, 0.15) is 6.92 Å². The van der Waals surface area contributed by atoms with E-state index < -0.39 is 0 Å². The summed E-state index contributed by atoms with van der Waals surface area (Å²) in [6, 6.07) is 0.228. The van der Waals surface area contributed by atoms with Crippen molar-refractivity contribution < 1.29 is 5.11 Å². The second-order valence-corrected chi connectivity index (χ2v) is 3.69. The molecule has 0 amide bonds. The van der Waals surface area contributed by atoms with Crippen LogP contribution in [0, 0.1) is 11.8 Å². The maximum absolute atomic E-state index is 9.01. The van der Waals surface area contributed by atoms with Crippen LogP contribution >= 0.6 is 0 Å². The zero-order chi connectivity index (χ0) is 8.43. The Bertz CT molecular complexity index is 129. The molecule has 3 heteroatoms. The second-order valence-electron chi connectivity index (χ2n) is 3.69. The number of likely N-dealkylation sites (N-methyl/N-ethyl adjacent to an activating group) is 1. The van der Waals surface area contributed by atoms with E-state index in [0.717, 1.165) is 13.1 Å². The molecule has 3 nitrogen and oxygen atoms in total. The van der Waals surface area contributed by atoms with Gasteiger partial charge in [-0.1, -0.05) is 6.92 Å². The molecule has 3 unspecified atom stereocenters. The predicted molar refractivity (Wildman–Crippen MR) is 45.2 cm³/mol. The summed E-state index contributed by atoms with van der Waals surface area (Å²) >= 11 is 0. The smallest absolute Gasteiger partial charge is 0.0474 e. The maximum atomic E-state index is 9.01. The molecule has 1 aliphatic heterocycles. The van der Waals surface area contributed by atoms with Crippen LogP contribution in [0.15, 0.2) is 0 Å². The molecule has 0 aromatic rings. The average molecular weight is 158 g/mol. The Morgan fingerprint density at radius 3 is 2.73 bits per heavy atom. The van der Waals surface area contributed by atoms with Crippen molar-refractivity contribution in [1.29, 1.82) is 0 Å². The molecule has 66 valence electrons. The highest BCUT2D eigenvalue weighted by molar-refractivity contribution is 4.84. The predicted octanol–water partition coefficient (Wildman–Crippen LogP) is -0.496. The molecule has 1 aliphatic rings. The van der Waals surface area contributed by atoms with E-state index in [1.54, 1.807) is 0 Å². The molecule has 0 radical (unpaired) electrons. The molecule has 0 saturated carbocycles. The topological polar surface area (TPSA) is 49.5 Å². The summed E-state index contributed by atoms with van der Waals surface area (Å²) in [5.41, 5.74) is 5.88. The molecule has 1 rings (SSSR count). The minimum absolute atomic E-state index is 0.228. The molecule has 0 aromatic carbocycles. The molecule has 3 atom stereocenters. The normalized spacial score (nSPS) is 40.9. The first-order valence-corrected chi connectivity index (χ1v) is 4.20. The largest absolute Gasteiger partial charge is 0.396 e. The number of aliphatic hydroxyl groups is 1. The van der Waals surface area contributed by atoms with E-state index in [2.05, 4.69) is 18.9 Å². The lowest BCUT2D eigenvalue weighted by Crippen LogP contribution is -2.51. The Morgan fingerprint density at radius 1 is 1.55 bits per heavy atom. The summed E-state index contributed by atoms with van der Waals surface area (Å²) in [6.45, 7) is 4.32. The molecule has 0 bridgehead atoms. The fourth-order valence-corrected chi connectivity index (χ4v) is 1.74. The van der Waals surface area contributed by atoms with Crippen molar-refractivity contribution >= 4 is 0 Å². The van der Waals surface area contributed by atoms with Gasteiger partial charge in [0, 0.05) is 25.7 Å². The highest BCUT2D eigenvalue weighted by Gasteiger charge is 2.29. The fraction of sp³-hybridized carbons (Fsp3) is 1.00. The number of hydrogen-bond acceptors (Lipinski definition) is 3. The number of hydrogen-bond donors (Lipinski definition) is 2. The standard InChI is InChI=1S/C8H18N2O/c1-6-7(5-11)3-10(2)4-8(6)9/h6-8,11H,3-5,9H2,1-2H3. The molecule has 1 saturated heterocycles. The van der Waals surface area contributed by atoms with Crippen molar-refractivity contribution in [3.05, 3.63) is 0 Å². The van der Waals surface area contributed by atoms with Crippen LogP contribution in [0.25, 0.3) is 0 Å². The first kappa shape index (κ1) is 8.97.